The maximum Gasteiger partial charge on any atom is 0.0672 e. The molecule has 0 aromatic heterocycles. The van der Waals surface area contributed by atoms with E-state index in [0.717, 1.165) is 6.42 Å². The van der Waals surface area contributed by atoms with E-state index < -0.39 is 0 Å². The first kappa shape index (κ1) is 11.5. The van der Waals surface area contributed by atoms with Crippen LogP contribution in [0.1, 0.15) is 47.0 Å². The van der Waals surface area contributed by atoms with Crippen molar-refractivity contribution < 1.29 is 0 Å². The zero-order valence-corrected chi connectivity index (χ0v) is 9.83. The molecule has 1 fully saturated rings. The van der Waals surface area contributed by atoms with Crippen molar-refractivity contribution in [2.75, 3.05) is 0 Å². The third-order valence-corrected chi connectivity index (χ3v) is 3.51. The quantitative estimate of drug-likeness (QED) is 0.673. The number of nitrogens with zero attached hydrogens (tertiary/aromatic N) is 2. The van der Waals surface area contributed by atoms with E-state index in [0.29, 0.717) is 24.0 Å². The highest BCUT2D eigenvalue weighted by molar-refractivity contribution is 5.08. The van der Waals surface area contributed by atoms with Gasteiger partial charge in [0.25, 0.3) is 0 Å². The highest BCUT2D eigenvalue weighted by Gasteiger charge is 2.44. The largest absolute Gasteiger partial charge is 0.294 e. The molecule has 0 amide bonds. The average Bonchev–Trinajstić information content (AvgIpc) is 2.96. The first-order valence-electron chi connectivity index (χ1n) is 5.82. The molecule has 1 aliphatic carbocycles. The second kappa shape index (κ2) is 4.79. The fourth-order valence-corrected chi connectivity index (χ4v) is 2.16. The lowest BCUT2D eigenvalue weighted by Gasteiger charge is -2.34. The second-order valence-electron chi connectivity index (χ2n) is 4.50. The number of nitriles is 1. The van der Waals surface area contributed by atoms with Crippen LogP contribution in [-0.4, -0.2) is 23.0 Å². The molecule has 2 nitrogen and oxygen atoms in total. The van der Waals surface area contributed by atoms with Crippen LogP contribution in [0.5, 0.6) is 0 Å². The Kier molecular flexibility index (Phi) is 3.95. The number of hydrogen-bond acceptors (Lipinski definition) is 2. The van der Waals surface area contributed by atoms with Crippen LogP contribution in [0.25, 0.3) is 0 Å². The third-order valence-electron chi connectivity index (χ3n) is 3.51. The molecule has 1 saturated carbocycles. The van der Waals surface area contributed by atoms with Crippen LogP contribution in [0.3, 0.4) is 0 Å². The standard InChI is InChI=1S/C12H22N2/c1-5-9(3)14(10(4)6-2)12-7-11(12)8-13/h9-12H,5-7H2,1-4H3/t9-,10+,11?,12?. The van der Waals surface area contributed by atoms with Crippen molar-refractivity contribution in [2.45, 2.75) is 65.1 Å². The minimum atomic E-state index is 0.304. The van der Waals surface area contributed by atoms with Crippen molar-refractivity contribution in [1.82, 2.24) is 4.90 Å². The summed E-state index contributed by atoms with van der Waals surface area (Å²) in [6.45, 7) is 9.01. The van der Waals surface area contributed by atoms with Gasteiger partial charge in [0.2, 0.25) is 0 Å². The van der Waals surface area contributed by atoms with E-state index in [1.807, 2.05) is 0 Å². The second-order valence-corrected chi connectivity index (χ2v) is 4.50. The van der Waals surface area contributed by atoms with Crippen molar-refractivity contribution in [1.29, 1.82) is 5.26 Å². The molecule has 14 heavy (non-hydrogen) atoms. The number of hydrogen-bond donors (Lipinski definition) is 0. The van der Waals surface area contributed by atoms with Gasteiger partial charge in [-0.15, -0.1) is 0 Å². The van der Waals surface area contributed by atoms with E-state index in [4.69, 9.17) is 5.26 Å². The summed E-state index contributed by atoms with van der Waals surface area (Å²) in [7, 11) is 0. The van der Waals surface area contributed by atoms with E-state index >= 15 is 0 Å². The van der Waals surface area contributed by atoms with Crippen molar-refractivity contribution in [2.24, 2.45) is 5.92 Å². The SMILES string of the molecule is CC[C@@H](C)N(C1CC1C#N)[C@@H](C)CC. The molecule has 0 radical (unpaired) electrons. The fraction of sp³-hybridized carbons (Fsp3) is 0.917. The smallest absolute Gasteiger partial charge is 0.0672 e. The lowest BCUT2D eigenvalue weighted by Crippen LogP contribution is -2.42. The van der Waals surface area contributed by atoms with Gasteiger partial charge in [-0.3, -0.25) is 4.90 Å². The summed E-state index contributed by atoms with van der Waals surface area (Å²) in [6.07, 6.45) is 3.45. The summed E-state index contributed by atoms with van der Waals surface area (Å²) in [5.41, 5.74) is 0. The maximum absolute atomic E-state index is 8.86. The molecule has 0 heterocycles. The Hall–Kier alpha value is -0.550. The highest BCUT2D eigenvalue weighted by atomic mass is 15.2. The molecular weight excluding hydrogens is 172 g/mol. The Labute approximate surface area is 87.9 Å². The molecule has 80 valence electrons. The topological polar surface area (TPSA) is 27.0 Å². The molecule has 0 aliphatic heterocycles. The van der Waals surface area contributed by atoms with E-state index in [1.165, 1.54) is 12.8 Å². The maximum atomic E-state index is 8.86. The van der Waals surface area contributed by atoms with Gasteiger partial charge in [0.05, 0.1) is 12.0 Å². The molecule has 0 bridgehead atoms. The van der Waals surface area contributed by atoms with Crippen molar-refractivity contribution in [3.8, 4) is 6.07 Å². The summed E-state index contributed by atoms with van der Waals surface area (Å²) >= 11 is 0. The zero-order valence-electron chi connectivity index (χ0n) is 9.83. The molecule has 1 aliphatic rings. The summed E-state index contributed by atoms with van der Waals surface area (Å²) in [6, 6.07) is 4.17. The first-order valence-corrected chi connectivity index (χ1v) is 5.82. The highest BCUT2D eigenvalue weighted by Crippen LogP contribution is 2.38. The van der Waals surface area contributed by atoms with Gasteiger partial charge in [-0.2, -0.15) is 5.26 Å². The predicted octanol–water partition coefficient (Wildman–Crippen LogP) is 2.80. The summed E-state index contributed by atoms with van der Waals surface area (Å²) < 4.78 is 0. The molecule has 0 saturated heterocycles. The van der Waals surface area contributed by atoms with Crippen molar-refractivity contribution in [3.05, 3.63) is 0 Å². The fourth-order valence-electron chi connectivity index (χ4n) is 2.16. The minimum absolute atomic E-state index is 0.304. The Balaban J connectivity index is 2.60. The Morgan fingerprint density at radius 1 is 1.29 bits per heavy atom. The van der Waals surface area contributed by atoms with Gasteiger partial charge in [0.1, 0.15) is 0 Å². The van der Waals surface area contributed by atoms with Gasteiger partial charge in [0.15, 0.2) is 0 Å². The Morgan fingerprint density at radius 2 is 1.79 bits per heavy atom. The zero-order chi connectivity index (χ0) is 10.7. The van der Waals surface area contributed by atoms with E-state index in [2.05, 4.69) is 38.7 Å². The summed E-state index contributed by atoms with van der Waals surface area (Å²) in [5, 5.41) is 8.86. The van der Waals surface area contributed by atoms with Crippen LogP contribution in [0, 0.1) is 17.2 Å². The predicted molar refractivity (Wildman–Crippen MR) is 58.9 cm³/mol. The van der Waals surface area contributed by atoms with Crippen LogP contribution >= 0.6 is 0 Å². The minimum Gasteiger partial charge on any atom is -0.294 e. The van der Waals surface area contributed by atoms with Gasteiger partial charge in [-0.1, -0.05) is 13.8 Å². The van der Waals surface area contributed by atoms with Crippen LogP contribution in [0.4, 0.5) is 0 Å². The van der Waals surface area contributed by atoms with Crippen LogP contribution in [0.15, 0.2) is 0 Å². The monoisotopic (exact) mass is 194 g/mol. The molecule has 0 aromatic carbocycles. The molecule has 4 atom stereocenters. The van der Waals surface area contributed by atoms with Gasteiger partial charge >= 0.3 is 0 Å². The Morgan fingerprint density at radius 3 is 2.07 bits per heavy atom. The molecule has 0 N–H and O–H groups in total. The Bertz CT molecular complexity index is 209. The lowest BCUT2D eigenvalue weighted by atomic mass is 10.1. The van der Waals surface area contributed by atoms with Crippen molar-refractivity contribution >= 4 is 0 Å². The van der Waals surface area contributed by atoms with Gasteiger partial charge < -0.3 is 0 Å². The van der Waals surface area contributed by atoms with E-state index in [9.17, 15) is 0 Å². The average molecular weight is 194 g/mol. The van der Waals surface area contributed by atoms with E-state index in [-0.39, 0.29) is 0 Å². The molecule has 1 rings (SSSR count). The normalized spacial score (nSPS) is 29.7. The summed E-state index contributed by atoms with van der Waals surface area (Å²) in [5.74, 6) is 0.304. The van der Waals surface area contributed by atoms with Crippen LogP contribution in [0.2, 0.25) is 0 Å². The molecular formula is C12H22N2. The van der Waals surface area contributed by atoms with Crippen LogP contribution < -0.4 is 0 Å². The molecule has 2 unspecified atom stereocenters. The van der Waals surface area contributed by atoms with Gasteiger partial charge in [-0.25, -0.2) is 0 Å². The number of rotatable bonds is 5. The van der Waals surface area contributed by atoms with Crippen molar-refractivity contribution in [3.63, 3.8) is 0 Å². The lowest BCUT2D eigenvalue weighted by molar-refractivity contribution is 0.132. The van der Waals surface area contributed by atoms with E-state index in [1.54, 1.807) is 0 Å². The van der Waals surface area contributed by atoms with Gasteiger partial charge in [0, 0.05) is 18.1 Å². The molecule has 2 heteroatoms. The first-order chi connectivity index (χ1) is 6.65. The molecule has 0 spiro atoms. The third kappa shape index (κ3) is 2.27. The van der Waals surface area contributed by atoms with Gasteiger partial charge in [-0.05, 0) is 33.1 Å². The van der Waals surface area contributed by atoms with Crippen LogP contribution in [-0.2, 0) is 0 Å². The summed E-state index contributed by atoms with van der Waals surface area (Å²) in [4.78, 5) is 2.55. The molecule has 0 aromatic rings.